The van der Waals surface area contributed by atoms with Crippen molar-refractivity contribution >= 4 is 11.9 Å². The number of rotatable bonds is 3. The predicted octanol–water partition coefficient (Wildman–Crippen LogP) is 2.80. The summed E-state index contributed by atoms with van der Waals surface area (Å²) < 4.78 is 39.5. The quantitative estimate of drug-likeness (QED) is 0.752. The highest BCUT2D eigenvalue weighted by Crippen LogP contribution is 2.43. The second-order valence-electron chi connectivity index (χ2n) is 9.40. The highest BCUT2D eigenvalue weighted by atomic mass is 19.4. The zero-order valence-corrected chi connectivity index (χ0v) is 18.2. The molecule has 2 aromatic heterocycles. The molecule has 178 valence electrons. The van der Waals surface area contributed by atoms with Crippen molar-refractivity contribution in [2.75, 3.05) is 24.5 Å². The molecule has 1 aliphatic carbocycles. The van der Waals surface area contributed by atoms with E-state index in [1.165, 1.54) is 18.6 Å². The largest absolute Gasteiger partial charge is 0.435 e. The lowest BCUT2D eigenvalue weighted by Gasteiger charge is -2.40. The smallest absolute Gasteiger partial charge is 0.393 e. The molecule has 1 saturated carbocycles. The van der Waals surface area contributed by atoms with Gasteiger partial charge in [0.05, 0.1) is 23.9 Å². The summed E-state index contributed by atoms with van der Waals surface area (Å²) in [4.78, 5) is 26.2. The fourth-order valence-electron chi connectivity index (χ4n) is 5.46. The normalized spacial score (nSPS) is 28.7. The summed E-state index contributed by atoms with van der Waals surface area (Å²) in [7, 11) is 0. The Kier molecular flexibility index (Phi) is 5.54. The molecule has 2 saturated heterocycles. The second kappa shape index (κ2) is 8.27. The average molecular weight is 464 g/mol. The third-order valence-corrected chi connectivity index (χ3v) is 7.28. The standard InChI is InChI=1S/C22H27F3N6O2/c23-22(24,25)18-6-10-31(28-18)16-12-26-20(27-13-16)29-9-1-7-21(14-29)8-11-30(19(21)33)15-2-4-17(32)5-3-15/h6,10,12-13,15,17,32H,1-5,7-9,11,14H2/t15-,17+,21-/m1/s1. The molecule has 4 heterocycles. The molecular formula is C22H27F3N6O2. The number of nitrogens with zero attached hydrogens (tertiary/aromatic N) is 6. The molecule has 0 radical (unpaired) electrons. The molecule has 8 nitrogen and oxygen atoms in total. The number of carbonyl (C=O) groups is 1. The van der Waals surface area contributed by atoms with Crippen LogP contribution in [0.3, 0.4) is 0 Å². The number of amides is 1. The van der Waals surface area contributed by atoms with Gasteiger partial charge in [0.2, 0.25) is 11.9 Å². The number of likely N-dealkylation sites (tertiary alicyclic amines) is 1. The van der Waals surface area contributed by atoms with Crippen LogP contribution in [0.1, 0.15) is 50.6 Å². The Balaban J connectivity index is 1.28. The number of aliphatic hydroxyl groups excluding tert-OH is 1. The first-order chi connectivity index (χ1) is 15.7. The Morgan fingerprint density at radius 2 is 1.79 bits per heavy atom. The van der Waals surface area contributed by atoms with Crippen molar-refractivity contribution in [2.45, 2.75) is 63.3 Å². The van der Waals surface area contributed by atoms with Gasteiger partial charge in [-0.15, -0.1) is 0 Å². The Hall–Kier alpha value is -2.69. The number of aromatic nitrogens is 4. The Morgan fingerprint density at radius 1 is 1.06 bits per heavy atom. The molecule has 5 rings (SSSR count). The maximum atomic E-state index is 13.5. The van der Waals surface area contributed by atoms with Crippen LogP contribution in [0.15, 0.2) is 24.7 Å². The number of carbonyl (C=O) groups excluding carboxylic acids is 1. The molecule has 0 bridgehead atoms. The summed E-state index contributed by atoms with van der Waals surface area (Å²) in [6.45, 7) is 2.01. The van der Waals surface area contributed by atoms with Gasteiger partial charge in [-0.1, -0.05) is 0 Å². The van der Waals surface area contributed by atoms with Crippen LogP contribution < -0.4 is 4.90 Å². The van der Waals surface area contributed by atoms with Crippen molar-refractivity contribution in [1.82, 2.24) is 24.6 Å². The minimum Gasteiger partial charge on any atom is -0.393 e. The number of hydrogen-bond acceptors (Lipinski definition) is 6. The Morgan fingerprint density at radius 3 is 2.45 bits per heavy atom. The van der Waals surface area contributed by atoms with Crippen molar-refractivity contribution in [3.8, 4) is 5.69 Å². The minimum absolute atomic E-state index is 0.196. The number of anilines is 1. The van der Waals surface area contributed by atoms with E-state index in [0.717, 1.165) is 68.8 Å². The third kappa shape index (κ3) is 4.18. The summed E-state index contributed by atoms with van der Waals surface area (Å²) in [5.74, 6) is 0.662. The summed E-state index contributed by atoms with van der Waals surface area (Å²) in [5, 5.41) is 13.3. The van der Waals surface area contributed by atoms with E-state index in [1.54, 1.807) is 0 Å². The maximum Gasteiger partial charge on any atom is 0.435 e. The fourth-order valence-corrected chi connectivity index (χ4v) is 5.46. The van der Waals surface area contributed by atoms with Crippen molar-refractivity contribution in [2.24, 2.45) is 5.41 Å². The molecule has 1 atom stereocenters. The Bertz CT molecular complexity index is 1000. The molecule has 1 spiro atoms. The summed E-state index contributed by atoms with van der Waals surface area (Å²) in [6, 6.07) is 1.12. The van der Waals surface area contributed by atoms with Gasteiger partial charge >= 0.3 is 6.18 Å². The van der Waals surface area contributed by atoms with Crippen LogP contribution in [-0.4, -0.2) is 67.4 Å². The lowest BCUT2D eigenvalue weighted by Crippen LogP contribution is -2.50. The average Bonchev–Trinajstić information content (AvgIpc) is 3.42. The van der Waals surface area contributed by atoms with Crippen LogP contribution in [0.2, 0.25) is 0 Å². The number of aliphatic hydroxyl groups is 1. The first-order valence-electron chi connectivity index (χ1n) is 11.4. The van der Waals surface area contributed by atoms with Crippen LogP contribution in [-0.2, 0) is 11.0 Å². The predicted molar refractivity (Wildman–Crippen MR) is 113 cm³/mol. The molecule has 2 aliphatic heterocycles. The van der Waals surface area contributed by atoms with Crippen molar-refractivity contribution < 1.29 is 23.1 Å². The zero-order chi connectivity index (χ0) is 23.2. The van der Waals surface area contributed by atoms with Crippen LogP contribution in [0, 0.1) is 5.41 Å². The minimum atomic E-state index is -4.51. The third-order valence-electron chi connectivity index (χ3n) is 7.28. The van der Waals surface area contributed by atoms with Gasteiger partial charge in [-0.3, -0.25) is 4.79 Å². The first kappa shape index (κ1) is 22.1. The molecule has 3 aliphatic rings. The van der Waals surface area contributed by atoms with Crippen molar-refractivity contribution in [3.05, 3.63) is 30.4 Å². The summed E-state index contributed by atoms with van der Waals surface area (Å²) >= 11 is 0. The van der Waals surface area contributed by atoms with E-state index in [-0.39, 0.29) is 18.1 Å². The van der Waals surface area contributed by atoms with Crippen LogP contribution >= 0.6 is 0 Å². The van der Waals surface area contributed by atoms with Crippen LogP contribution in [0.4, 0.5) is 19.1 Å². The fraction of sp³-hybridized carbons (Fsp3) is 0.636. The van der Waals surface area contributed by atoms with E-state index in [2.05, 4.69) is 15.1 Å². The second-order valence-corrected chi connectivity index (χ2v) is 9.40. The van der Waals surface area contributed by atoms with Gasteiger partial charge in [0.1, 0.15) is 5.69 Å². The molecule has 0 aromatic carbocycles. The van der Waals surface area contributed by atoms with E-state index < -0.39 is 17.3 Å². The monoisotopic (exact) mass is 464 g/mol. The SMILES string of the molecule is O=C1N([C@H]2CC[C@@H](O)CC2)CC[C@@]12CCCN(c1ncc(-n3ccc(C(F)(F)F)n3)cn1)C2. The molecule has 1 amide bonds. The van der Waals surface area contributed by atoms with Crippen molar-refractivity contribution in [3.63, 3.8) is 0 Å². The van der Waals surface area contributed by atoms with Crippen LogP contribution in [0.25, 0.3) is 5.69 Å². The first-order valence-corrected chi connectivity index (χ1v) is 11.4. The summed E-state index contributed by atoms with van der Waals surface area (Å²) in [5.41, 5.74) is -1.08. The molecule has 2 aromatic rings. The molecule has 33 heavy (non-hydrogen) atoms. The molecule has 0 unspecified atom stereocenters. The van der Waals surface area contributed by atoms with E-state index >= 15 is 0 Å². The van der Waals surface area contributed by atoms with Gasteiger partial charge in [-0.05, 0) is 51.0 Å². The van der Waals surface area contributed by atoms with E-state index in [1.807, 2.05) is 9.80 Å². The van der Waals surface area contributed by atoms with Gasteiger partial charge in [-0.2, -0.15) is 18.3 Å². The van der Waals surface area contributed by atoms with E-state index in [9.17, 15) is 23.1 Å². The van der Waals surface area contributed by atoms with Gasteiger partial charge in [-0.25, -0.2) is 14.6 Å². The van der Waals surface area contributed by atoms with Gasteiger partial charge in [0, 0.05) is 31.9 Å². The molecule has 3 fully saturated rings. The maximum absolute atomic E-state index is 13.5. The Labute approximate surface area is 189 Å². The molecule has 11 heteroatoms. The molecule has 1 N–H and O–H groups in total. The number of alkyl halides is 3. The number of halogens is 3. The van der Waals surface area contributed by atoms with Gasteiger partial charge in [0.25, 0.3) is 0 Å². The summed E-state index contributed by atoms with van der Waals surface area (Å²) in [6.07, 6.45) is 5.04. The van der Waals surface area contributed by atoms with Gasteiger partial charge < -0.3 is 14.9 Å². The number of piperidine rings is 1. The van der Waals surface area contributed by atoms with Crippen LogP contribution in [0.5, 0.6) is 0 Å². The van der Waals surface area contributed by atoms with Gasteiger partial charge in [0.15, 0.2) is 5.69 Å². The highest BCUT2D eigenvalue weighted by molar-refractivity contribution is 5.86. The van der Waals surface area contributed by atoms with E-state index in [4.69, 9.17) is 0 Å². The number of hydrogen-bond donors (Lipinski definition) is 1. The topological polar surface area (TPSA) is 87.4 Å². The lowest BCUT2D eigenvalue weighted by molar-refractivity contribution is -0.141. The molecular weight excluding hydrogens is 437 g/mol. The zero-order valence-electron chi connectivity index (χ0n) is 18.2. The lowest BCUT2D eigenvalue weighted by atomic mass is 9.78. The highest BCUT2D eigenvalue weighted by Gasteiger charge is 2.51. The van der Waals surface area contributed by atoms with E-state index in [0.29, 0.717) is 18.2 Å². The van der Waals surface area contributed by atoms with Crippen molar-refractivity contribution in [1.29, 1.82) is 0 Å².